The molecule has 0 aliphatic heterocycles. The molecule has 90 valence electrons. The third-order valence-corrected chi connectivity index (χ3v) is 3.28. The molecule has 1 saturated carbocycles. The fourth-order valence-corrected chi connectivity index (χ4v) is 2.25. The predicted octanol–water partition coefficient (Wildman–Crippen LogP) is 1.03. The number of hydrogen-bond donors (Lipinski definition) is 3. The van der Waals surface area contributed by atoms with Crippen LogP contribution in [0.15, 0.2) is 12.5 Å². The molecule has 0 aromatic carbocycles. The van der Waals surface area contributed by atoms with Crippen LogP contribution >= 0.6 is 0 Å². The fourth-order valence-electron chi connectivity index (χ4n) is 2.25. The summed E-state index contributed by atoms with van der Waals surface area (Å²) in [5.74, 6) is 0.669. The molecule has 2 aromatic rings. The van der Waals surface area contributed by atoms with Crippen molar-refractivity contribution >= 4 is 17.1 Å². The Morgan fingerprint density at radius 3 is 2.88 bits per heavy atom. The monoisotopic (exact) mass is 232 g/mol. The minimum Gasteiger partial charge on any atom is -0.351 e. The molecule has 0 bridgehead atoms. The Bertz CT molecular complexity index is 499. The van der Waals surface area contributed by atoms with Crippen LogP contribution in [0.4, 0.5) is 5.95 Å². The van der Waals surface area contributed by atoms with Gasteiger partial charge in [-0.25, -0.2) is 9.97 Å². The van der Waals surface area contributed by atoms with E-state index in [1.54, 1.807) is 12.5 Å². The first-order chi connectivity index (χ1) is 8.31. The summed E-state index contributed by atoms with van der Waals surface area (Å²) in [5, 5.41) is 3.36. The highest BCUT2D eigenvalue weighted by Crippen LogP contribution is 2.20. The van der Waals surface area contributed by atoms with E-state index in [1.165, 1.54) is 0 Å². The van der Waals surface area contributed by atoms with E-state index >= 15 is 0 Å². The summed E-state index contributed by atoms with van der Waals surface area (Å²) in [6.07, 6.45) is 7.68. The molecule has 0 radical (unpaired) electrons. The van der Waals surface area contributed by atoms with Crippen LogP contribution < -0.4 is 11.1 Å². The number of imidazole rings is 1. The smallest absolute Gasteiger partial charge is 0.224 e. The predicted molar refractivity (Wildman–Crippen MR) is 65.5 cm³/mol. The average Bonchev–Trinajstić information content (AvgIpc) is 2.79. The molecular formula is C11H16N6. The average molecular weight is 232 g/mol. The van der Waals surface area contributed by atoms with Crippen molar-refractivity contribution in [2.45, 2.75) is 37.8 Å². The highest BCUT2D eigenvalue weighted by Gasteiger charge is 2.19. The van der Waals surface area contributed by atoms with E-state index in [2.05, 4.69) is 25.3 Å². The SMILES string of the molecule is NC1CCC(Nc2ncc3nc[nH]c3n2)CC1. The van der Waals surface area contributed by atoms with Gasteiger partial charge in [0.25, 0.3) is 0 Å². The number of H-pyrrole nitrogens is 1. The van der Waals surface area contributed by atoms with E-state index in [0.717, 1.165) is 36.8 Å². The topological polar surface area (TPSA) is 92.5 Å². The van der Waals surface area contributed by atoms with Gasteiger partial charge >= 0.3 is 0 Å². The van der Waals surface area contributed by atoms with E-state index in [-0.39, 0.29) is 0 Å². The molecule has 2 aromatic heterocycles. The number of hydrogen-bond acceptors (Lipinski definition) is 5. The molecule has 0 atom stereocenters. The summed E-state index contributed by atoms with van der Waals surface area (Å²) in [4.78, 5) is 15.7. The summed E-state index contributed by atoms with van der Waals surface area (Å²) < 4.78 is 0. The molecule has 0 unspecified atom stereocenters. The van der Waals surface area contributed by atoms with Crippen LogP contribution in [0.25, 0.3) is 11.2 Å². The summed E-state index contributed by atoms with van der Waals surface area (Å²) in [7, 11) is 0. The number of aromatic amines is 1. The van der Waals surface area contributed by atoms with Crippen LogP contribution in [0.3, 0.4) is 0 Å². The first-order valence-corrected chi connectivity index (χ1v) is 5.99. The van der Waals surface area contributed by atoms with E-state index in [0.29, 0.717) is 18.0 Å². The zero-order valence-electron chi connectivity index (χ0n) is 9.56. The van der Waals surface area contributed by atoms with Crippen LogP contribution in [0.1, 0.15) is 25.7 Å². The Balaban J connectivity index is 1.71. The molecule has 4 N–H and O–H groups in total. The molecule has 3 rings (SSSR count). The minimum atomic E-state index is 0.365. The largest absolute Gasteiger partial charge is 0.351 e. The van der Waals surface area contributed by atoms with Crippen LogP contribution in [-0.4, -0.2) is 32.0 Å². The number of anilines is 1. The molecule has 0 spiro atoms. The van der Waals surface area contributed by atoms with Gasteiger partial charge in [0, 0.05) is 12.1 Å². The Morgan fingerprint density at radius 1 is 1.24 bits per heavy atom. The first-order valence-electron chi connectivity index (χ1n) is 5.99. The second kappa shape index (κ2) is 4.29. The van der Waals surface area contributed by atoms with Crippen LogP contribution in [0.5, 0.6) is 0 Å². The van der Waals surface area contributed by atoms with Crippen molar-refractivity contribution in [2.24, 2.45) is 5.73 Å². The molecule has 17 heavy (non-hydrogen) atoms. The normalized spacial score (nSPS) is 25.0. The molecular weight excluding hydrogens is 216 g/mol. The maximum absolute atomic E-state index is 5.88. The van der Waals surface area contributed by atoms with Gasteiger partial charge < -0.3 is 16.0 Å². The number of rotatable bonds is 2. The Hall–Kier alpha value is -1.69. The highest BCUT2D eigenvalue weighted by atomic mass is 15.1. The van der Waals surface area contributed by atoms with Crippen molar-refractivity contribution in [3.8, 4) is 0 Å². The lowest BCUT2D eigenvalue weighted by atomic mass is 9.92. The maximum atomic E-state index is 5.88. The summed E-state index contributed by atoms with van der Waals surface area (Å²) in [6.45, 7) is 0. The van der Waals surface area contributed by atoms with Gasteiger partial charge in [-0.05, 0) is 25.7 Å². The summed E-state index contributed by atoms with van der Waals surface area (Å²) >= 11 is 0. The molecule has 0 amide bonds. The van der Waals surface area contributed by atoms with Crippen LogP contribution in [0, 0.1) is 0 Å². The van der Waals surface area contributed by atoms with E-state index in [1.807, 2.05) is 0 Å². The lowest BCUT2D eigenvalue weighted by Gasteiger charge is -2.26. The van der Waals surface area contributed by atoms with Crippen molar-refractivity contribution in [1.82, 2.24) is 19.9 Å². The Labute approximate surface area is 99.1 Å². The van der Waals surface area contributed by atoms with Gasteiger partial charge in [-0.3, -0.25) is 0 Å². The molecule has 6 nitrogen and oxygen atoms in total. The van der Waals surface area contributed by atoms with E-state index in [4.69, 9.17) is 5.73 Å². The number of nitrogens with one attached hydrogen (secondary N) is 2. The van der Waals surface area contributed by atoms with Gasteiger partial charge in [0.2, 0.25) is 5.95 Å². The third-order valence-electron chi connectivity index (χ3n) is 3.28. The quantitative estimate of drug-likeness (QED) is 0.719. The van der Waals surface area contributed by atoms with Gasteiger partial charge in [0.15, 0.2) is 5.65 Å². The Morgan fingerprint density at radius 2 is 2.06 bits per heavy atom. The zero-order valence-corrected chi connectivity index (χ0v) is 9.56. The van der Waals surface area contributed by atoms with Gasteiger partial charge in [0.05, 0.1) is 12.5 Å². The lowest BCUT2D eigenvalue weighted by molar-refractivity contribution is 0.410. The molecule has 0 saturated heterocycles. The molecule has 1 aliphatic carbocycles. The number of nitrogens with zero attached hydrogens (tertiary/aromatic N) is 3. The number of nitrogens with two attached hydrogens (primary N) is 1. The van der Waals surface area contributed by atoms with Crippen molar-refractivity contribution in [1.29, 1.82) is 0 Å². The van der Waals surface area contributed by atoms with Crippen LogP contribution in [-0.2, 0) is 0 Å². The molecule has 2 heterocycles. The van der Waals surface area contributed by atoms with Gasteiger partial charge in [-0.2, -0.15) is 4.98 Å². The number of fused-ring (bicyclic) bond motifs is 1. The first kappa shape index (κ1) is 10.5. The standard InChI is InChI=1S/C11H16N6/c12-7-1-3-8(4-2-7)16-11-13-5-9-10(17-11)15-6-14-9/h5-8H,1-4,12H2,(H2,13,14,15,16,17). The second-order valence-electron chi connectivity index (χ2n) is 4.59. The summed E-state index contributed by atoms with van der Waals surface area (Å²) in [6, 6.07) is 0.805. The molecule has 1 aliphatic rings. The van der Waals surface area contributed by atoms with Crippen molar-refractivity contribution in [3.05, 3.63) is 12.5 Å². The van der Waals surface area contributed by atoms with Crippen molar-refractivity contribution < 1.29 is 0 Å². The van der Waals surface area contributed by atoms with Crippen LogP contribution in [0.2, 0.25) is 0 Å². The minimum absolute atomic E-state index is 0.365. The maximum Gasteiger partial charge on any atom is 0.224 e. The zero-order chi connectivity index (χ0) is 11.7. The molecule has 1 fully saturated rings. The van der Waals surface area contributed by atoms with Crippen molar-refractivity contribution in [3.63, 3.8) is 0 Å². The van der Waals surface area contributed by atoms with E-state index in [9.17, 15) is 0 Å². The fraction of sp³-hybridized carbons (Fsp3) is 0.545. The number of aromatic nitrogens is 4. The van der Waals surface area contributed by atoms with Gasteiger partial charge in [-0.1, -0.05) is 0 Å². The van der Waals surface area contributed by atoms with Gasteiger partial charge in [-0.15, -0.1) is 0 Å². The lowest BCUT2D eigenvalue weighted by Crippen LogP contribution is -2.33. The van der Waals surface area contributed by atoms with E-state index < -0.39 is 0 Å². The highest BCUT2D eigenvalue weighted by molar-refractivity contribution is 5.69. The van der Waals surface area contributed by atoms with Gasteiger partial charge in [0.1, 0.15) is 5.52 Å². The summed E-state index contributed by atoms with van der Waals surface area (Å²) in [5.41, 5.74) is 7.44. The second-order valence-corrected chi connectivity index (χ2v) is 4.59. The van der Waals surface area contributed by atoms with Crippen molar-refractivity contribution in [2.75, 3.05) is 5.32 Å². The Kier molecular flexibility index (Phi) is 2.64. The molecule has 6 heteroatoms. The third kappa shape index (κ3) is 2.21.